The summed E-state index contributed by atoms with van der Waals surface area (Å²) >= 11 is 0. The van der Waals surface area contributed by atoms with Crippen LogP contribution in [0, 0.1) is 0 Å². The molecule has 0 saturated heterocycles. The van der Waals surface area contributed by atoms with Crippen LogP contribution in [0.15, 0.2) is 0 Å². The average Bonchev–Trinajstić information content (AvgIpc) is 2.25. The van der Waals surface area contributed by atoms with Gasteiger partial charge in [-0.05, 0) is 13.3 Å². The minimum absolute atomic E-state index is 0.298. The van der Waals surface area contributed by atoms with Gasteiger partial charge in [0.25, 0.3) is 7.82 Å². The third-order valence-corrected chi connectivity index (χ3v) is 3.53. The highest BCUT2D eigenvalue weighted by molar-refractivity contribution is 7.45. The molecular formula is C10H15F7O4P-. The minimum atomic E-state index is -6.48. The molecule has 0 radical (unpaired) electrons. The third-order valence-electron chi connectivity index (χ3n) is 2.42. The Kier molecular flexibility index (Phi) is 7.33. The zero-order chi connectivity index (χ0) is 17.8. The van der Waals surface area contributed by atoms with E-state index in [9.17, 15) is 40.2 Å². The number of alkyl halides is 7. The molecule has 2 unspecified atom stereocenters. The Morgan fingerprint density at radius 2 is 1.64 bits per heavy atom. The van der Waals surface area contributed by atoms with Crippen LogP contribution in [0.1, 0.15) is 33.1 Å². The van der Waals surface area contributed by atoms with Crippen molar-refractivity contribution < 1.29 is 49.2 Å². The second-order valence-corrected chi connectivity index (χ2v) is 5.89. The molecule has 0 amide bonds. The molecule has 12 heteroatoms. The van der Waals surface area contributed by atoms with E-state index in [0.29, 0.717) is 19.8 Å². The van der Waals surface area contributed by atoms with Gasteiger partial charge in [0.1, 0.15) is 0 Å². The van der Waals surface area contributed by atoms with Gasteiger partial charge in [-0.15, -0.1) is 0 Å². The summed E-state index contributed by atoms with van der Waals surface area (Å²) in [5.74, 6) is -11.8. The average molecular weight is 363 g/mol. The van der Waals surface area contributed by atoms with E-state index in [-0.39, 0.29) is 6.61 Å². The first kappa shape index (κ1) is 21.6. The van der Waals surface area contributed by atoms with Crippen LogP contribution >= 0.6 is 7.82 Å². The maximum atomic E-state index is 13.0. The standard InChI is InChI=1S/C10H16F7O4P/c1-3-4-5-20-22(18,19)21-7(2)6-8(11,12)9(13,14)10(15,16)17/h7H,3-6H2,1-2H3,(H,18,19)/p-1. The Labute approximate surface area is 122 Å². The predicted molar refractivity (Wildman–Crippen MR) is 59.6 cm³/mol. The summed E-state index contributed by atoms with van der Waals surface area (Å²) in [6.45, 7) is 2.00. The number of phosphoric acid groups is 1. The first-order valence-corrected chi connectivity index (χ1v) is 7.58. The lowest BCUT2D eigenvalue weighted by Gasteiger charge is -2.32. The van der Waals surface area contributed by atoms with Crippen molar-refractivity contribution in [3.8, 4) is 0 Å². The highest BCUT2D eigenvalue weighted by atomic mass is 31.2. The van der Waals surface area contributed by atoms with Gasteiger partial charge in [0.15, 0.2) is 0 Å². The van der Waals surface area contributed by atoms with Gasteiger partial charge in [-0.1, -0.05) is 13.3 Å². The Morgan fingerprint density at radius 1 is 1.14 bits per heavy atom. The molecule has 0 spiro atoms. The minimum Gasteiger partial charge on any atom is -0.756 e. The van der Waals surface area contributed by atoms with Gasteiger partial charge in [0.05, 0.1) is 12.7 Å². The van der Waals surface area contributed by atoms with Gasteiger partial charge in [-0.2, -0.15) is 30.7 Å². The van der Waals surface area contributed by atoms with E-state index in [4.69, 9.17) is 0 Å². The van der Waals surface area contributed by atoms with Crippen LogP contribution in [-0.2, 0) is 13.6 Å². The van der Waals surface area contributed by atoms with E-state index >= 15 is 0 Å². The lowest BCUT2D eigenvalue weighted by Crippen LogP contribution is -2.53. The van der Waals surface area contributed by atoms with Crippen molar-refractivity contribution >= 4 is 7.82 Å². The van der Waals surface area contributed by atoms with Crippen LogP contribution < -0.4 is 4.89 Å². The lowest BCUT2D eigenvalue weighted by molar-refractivity contribution is -0.358. The Bertz CT molecular complexity index is 399. The normalized spacial score (nSPS) is 18.1. The van der Waals surface area contributed by atoms with Crippen molar-refractivity contribution in [2.75, 3.05) is 6.61 Å². The first-order valence-electron chi connectivity index (χ1n) is 6.12. The summed E-state index contributed by atoms with van der Waals surface area (Å²) in [5.41, 5.74) is 0. The van der Waals surface area contributed by atoms with E-state index in [1.54, 1.807) is 6.92 Å². The van der Waals surface area contributed by atoms with E-state index in [2.05, 4.69) is 9.05 Å². The smallest absolute Gasteiger partial charge is 0.459 e. The highest BCUT2D eigenvalue weighted by Gasteiger charge is 2.72. The van der Waals surface area contributed by atoms with Crippen molar-refractivity contribution in [3.63, 3.8) is 0 Å². The molecule has 4 nitrogen and oxygen atoms in total. The monoisotopic (exact) mass is 363 g/mol. The van der Waals surface area contributed by atoms with E-state index in [1.165, 1.54) is 0 Å². The highest BCUT2D eigenvalue weighted by Crippen LogP contribution is 2.50. The summed E-state index contributed by atoms with van der Waals surface area (Å²) < 4.78 is 107. The SMILES string of the molecule is CCCCOP(=O)([O-])OC(C)CC(F)(F)C(F)(F)C(F)(F)F. The summed E-state index contributed by atoms with van der Waals surface area (Å²) in [5, 5.41) is 0. The van der Waals surface area contributed by atoms with Crippen molar-refractivity contribution in [1.29, 1.82) is 0 Å². The van der Waals surface area contributed by atoms with Gasteiger partial charge in [0.2, 0.25) is 0 Å². The Hall–Kier alpha value is -0.380. The Balaban J connectivity index is 4.77. The van der Waals surface area contributed by atoms with Gasteiger partial charge in [-0.25, -0.2) is 0 Å². The lowest BCUT2D eigenvalue weighted by atomic mass is 10.1. The van der Waals surface area contributed by atoms with Crippen molar-refractivity contribution in [2.45, 2.75) is 57.2 Å². The van der Waals surface area contributed by atoms with Crippen molar-refractivity contribution in [3.05, 3.63) is 0 Å². The molecule has 22 heavy (non-hydrogen) atoms. The van der Waals surface area contributed by atoms with E-state index in [0.717, 1.165) is 0 Å². The summed E-state index contributed by atoms with van der Waals surface area (Å²) in [6.07, 6.45) is -9.91. The molecule has 0 rings (SSSR count). The molecule has 0 aromatic carbocycles. The topological polar surface area (TPSA) is 58.6 Å². The van der Waals surface area contributed by atoms with Gasteiger partial charge in [0, 0.05) is 6.42 Å². The number of rotatable bonds is 9. The first-order chi connectivity index (χ1) is 9.66. The fourth-order valence-corrected chi connectivity index (χ4v) is 2.23. The van der Waals surface area contributed by atoms with Crippen LogP contribution in [0.4, 0.5) is 30.7 Å². The fraction of sp³-hybridized carbons (Fsp3) is 1.00. The largest absolute Gasteiger partial charge is 0.756 e. The molecule has 0 heterocycles. The zero-order valence-electron chi connectivity index (χ0n) is 11.6. The van der Waals surface area contributed by atoms with Gasteiger partial charge in [-0.3, -0.25) is 4.57 Å². The Morgan fingerprint density at radius 3 is 2.05 bits per heavy atom. The van der Waals surface area contributed by atoms with Gasteiger partial charge < -0.3 is 13.9 Å². The van der Waals surface area contributed by atoms with Crippen molar-refractivity contribution in [1.82, 2.24) is 0 Å². The third kappa shape index (κ3) is 6.02. The quantitative estimate of drug-likeness (QED) is 0.354. The molecule has 134 valence electrons. The van der Waals surface area contributed by atoms with E-state index < -0.39 is 38.4 Å². The number of unbranched alkanes of at least 4 members (excludes halogenated alkanes) is 1. The predicted octanol–water partition coefficient (Wildman–Crippen LogP) is 3.90. The molecule has 2 atom stereocenters. The fourth-order valence-electron chi connectivity index (χ4n) is 1.31. The molecule has 0 bridgehead atoms. The van der Waals surface area contributed by atoms with E-state index in [1.807, 2.05) is 0 Å². The molecule has 0 aromatic rings. The molecule has 0 aromatic heterocycles. The summed E-state index contributed by atoms with van der Waals surface area (Å²) in [4.78, 5) is 11.2. The molecule has 0 saturated carbocycles. The van der Waals surface area contributed by atoms with Crippen LogP contribution in [0.2, 0.25) is 0 Å². The molecule has 0 aliphatic heterocycles. The maximum Gasteiger partial charge on any atom is 0.459 e. The number of phosphoric ester groups is 1. The van der Waals surface area contributed by atoms with Crippen molar-refractivity contribution in [2.24, 2.45) is 0 Å². The zero-order valence-corrected chi connectivity index (χ0v) is 12.5. The molecule has 0 fully saturated rings. The number of hydrogen-bond acceptors (Lipinski definition) is 4. The van der Waals surface area contributed by atoms with Crippen LogP contribution in [-0.4, -0.2) is 30.7 Å². The van der Waals surface area contributed by atoms with Gasteiger partial charge >= 0.3 is 18.0 Å². The molecule has 0 N–H and O–H groups in total. The van der Waals surface area contributed by atoms with Crippen LogP contribution in [0.5, 0.6) is 0 Å². The molecular weight excluding hydrogens is 348 g/mol. The number of halogens is 7. The van der Waals surface area contributed by atoms with Crippen LogP contribution in [0.3, 0.4) is 0 Å². The summed E-state index contributed by atoms with van der Waals surface area (Å²) in [7, 11) is -5.07. The maximum absolute atomic E-state index is 13.0. The summed E-state index contributed by atoms with van der Waals surface area (Å²) in [6, 6.07) is 0. The molecule has 0 aliphatic rings. The second kappa shape index (κ2) is 7.46. The number of hydrogen-bond donors (Lipinski definition) is 0. The van der Waals surface area contributed by atoms with Crippen LogP contribution in [0.25, 0.3) is 0 Å². The molecule has 0 aliphatic carbocycles. The second-order valence-electron chi connectivity index (χ2n) is 4.53.